The molecule has 1 fully saturated rings. The molecule has 0 spiro atoms. The molecule has 118 valence electrons. The Labute approximate surface area is 145 Å². The second-order valence-corrected chi connectivity index (χ2v) is 8.25. The number of hydrogen-bond donors (Lipinski definition) is 1. The first-order chi connectivity index (χ1) is 9.92. The first-order valence-electron chi connectivity index (χ1n) is 7.72. The zero-order valence-corrected chi connectivity index (χ0v) is 16.4. The number of benzene rings is 1. The van der Waals surface area contributed by atoms with Gasteiger partial charge in [-0.25, -0.2) is 0 Å². The van der Waals surface area contributed by atoms with Gasteiger partial charge in [-0.05, 0) is 68.5 Å². The Bertz CT molecular complexity index is 490. The van der Waals surface area contributed by atoms with Crippen LogP contribution in [0.3, 0.4) is 0 Å². The van der Waals surface area contributed by atoms with E-state index in [2.05, 4.69) is 70.1 Å². The Morgan fingerprint density at radius 2 is 1.90 bits per heavy atom. The molecule has 0 heterocycles. The van der Waals surface area contributed by atoms with Gasteiger partial charge in [0.05, 0.1) is 17.3 Å². The topological polar surface area (TPSA) is 21.3 Å². The first-order valence-corrected chi connectivity index (χ1v) is 9.30. The molecule has 1 saturated carbocycles. The lowest BCUT2D eigenvalue weighted by Gasteiger charge is -2.38. The van der Waals surface area contributed by atoms with Crippen molar-refractivity contribution >= 4 is 37.5 Å². The summed E-state index contributed by atoms with van der Waals surface area (Å²) in [6.07, 6.45) is 3.92. The van der Waals surface area contributed by atoms with Crippen LogP contribution in [0.15, 0.2) is 21.1 Å². The summed E-state index contributed by atoms with van der Waals surface area (Å²) in [6, 6.07) is 4.67. The van der Waals surface area contributed by atoms with Gasteiger partial charge in [0.1, 0.15) is 5.75 Å². The second kappa shape index (κ2) is 7.36. The zero-order chi connectivity index (χ0) is 15.6. The van der Waals surface area contributed by atoms with E-state index < -0.39 is 0 Å². The molecule has 1 aromatic carbocycles. The van der Waals surface area contributed by atoms with Gasteiger partial charge in [0.25, 0.3) is 0 Å². The molecule has 0 amide bonds. The molecule has 1 aliphatic carbocycles. The van der Waals surface area contributed by atoms with Crippen LogP contribution in [0, 0.1) is 17.8 Å². The van der Waals surface area contributed by atoms with Crippen LogP contribution < -0.4 is 10.1 Å². The number of nitrogens with one attached hydrogen (secondary N) is 1. The summed E-state index contributed by atoms with van der Waals surface area (Å²) < 4.78 is 7.47. The maximum Gasteiger partial charge on any atom is 0.135 e. The van der Waals surface area contributed by atoms with Crippen molar-refractivity contribution in [2.75, 3.05) is 12.4 Å². The van der Waals surface area contributed by atoms with Crippen molar-refractivity contribution in [3.63, 3.8) is 0 Å². The standard InChI is InChI=1S/C17H25Br2NO/c1-10(2)12-6-5-11(3)7-15(12)20-16-9-17(21-4)14(19)8-13(16)18/h8-12,15,20H,5-7H2,1-4H3. The van der Waals surface area contributed by atoms with Crippen LogP contribution in [0.2, 0.25) is 0 Å². The van der Waals surface area contributed by atoms with E-state index in [1.54, 1.807) is 7.11 Å². The number of methoxy groups -OCH3 is 1. The molecule has 1 N–H and O–H groups in total. The van der Waals surface area contributed by atoms with Gasteiger partial charge in [0, 0.05) is 16.6 Å². The summed E-state index contributed by atoms with van der Waals surface area (Å²) in [5, 5.41) is 3.77. The monoisotopic (exact) mass is 417 g/mol. The molecule has 3 unspecified atom stereocenters. The number of rotatable bonds is 4. The molecule has 3 atom stereocenters. The quantitative estimate of drug-likeness (QED) is 0.638. The lowest BCUT2D eigenvalue weighted by molar-refractivity contribution is 0.212. The van der Waals surface area contributed by atoms with E-state index in [0.717, 1.165) is 32.2 Å². The molecule has 0 aliphatic heterocycles. The third-order valence-corrected chi connectivity index (χ3v) is 5.88. The van der Waals surface area contributed by atoms with Gasteiger partial charge in [-0.3, -0.25) is 0 Å². The highest BCUT2D eigenvalue weighted by Crippen LogP contribution is 2.39. The highest BCUT2D eigenvalue weighted by Gasteiger charge is 2.31. The van der Waals surface area contributed by atoms with E-state index in [9.17, 15) is 0 Å². The Morgan fingerprint density at radius 3 is 2.52 bits per heavy atom. The molecule has 0 saturated heterocycles. The van der Waals surface area contributed by atoms with Gasteiger partial charge in [0.15, 0.2) is 0 Å². The van der Waals surface area contributed by atoms with E-state index >= 15 is 0 Å². The Kier molecular flexibility index (Phi) is 6.01. The Hall–Kier alpha value is -0.220. The highest BCUT2D eigenvalue weighted by molar-refractivity contribution is 9.11. The highest BCUT2D eigenvalue weighted by atomic mass is 79.9. The fraction of sp³-hybridized carbons (Fsp3) is 0.647. The van der Waals surface area contributed by atoms with Crippen molar-refractivity contribution in [3.05, 3.63) is 21.1 Å². The fourth-order valence-electron chi connectivity index (χ4n) is 3.36. The maximum atomic E-state index is 5.42. The van der Waals surface area contributed by atoms with Crippen LogP contribution in [0.1, 0.15) is 40.0 Å². The molecule has 1 aromatic rings. The lowest BCUT2D eigenvalue weighted by Crippen LogP contribution is -2.37. The van der Waals surface area contributed by atoms with Gasteiger partial charge in [-0.15, -0.1) is 0 Å². The van der Waals surface area contributed by atoms with E-state index in [4.69, 9.17) is 4.74 Å². The van der Waals surface area contributed by atoms with Crippen LogP contribution in [-0.4, -0.2) is 13.2 Å². The molecule has 21 heavy (non-hydrogen) atoms. The summed E-state index contributed by atoms with van der Waals surface area (Å²) in [4.78, 5) is 0. The van der Waals surface area contributed by atoms with Crippen molar-refractivity contribution in [1.29, 1.82) is 0 Å². The second-order valence-electron chi connectivity index (χ2n) is 6.54. The average Bonchev–Trinajstić information content (AvgIpc) is 2.41. The van der Waals surface area contributed by atoms with Crippen molar-refractivity contribution in [2.24, 2.45) is 17.8 Å². The summed E-state index contributed by atoms with van der Waals surface area (Å²) >= 11 is 7.19. The minimum atomic E-state index is 0.538. The largest absolute Gasteiger partial charge is 0.495 e. The SMILES string of the molecule is COc1cc(NC2CC(C)CCC2C(C)C)c(Br)cc1Br. The lowest BCUT2D eigenvalue weighted by atomic mass is 9.74. The predicted octanol–water partition coefficient (Wildman–Crippen LogP) is 6.09. The number of anilines is 1. The van der Waals surface area contributed by atoms with Crippen LogP contribution in [0.25, 0.3) is 0 Å². The van der Waals surface area contributed by atoms with Crippen molar-refractivity contribution in [1.82, 2.24) is 0 Å². The van der Waals surface area contributed by atoms with E-state index in [-0.39, 0.29) is 0 Å². The van der Waals surface area contributed by atoms with Crippen molar-refractivity contribution in [2.45, 2.75) is 46.1 Å². The van der Waals surface area contributed by atoms with E-state index in [1.807, 2.05) is 0 Å². The molecular formula is C17H25Br2NO. The molecule has 1 aliphatic rings. The van der Waals surface area contributed by atoms with Gasteiger partial charge in [-0.2, -0.15) is 0 Å². The minimum absolute atomic E-state index is 0.538. The zero-order valence-electron chi connectivity index (χ0n) is 13.2. The van der Waals surface area contributed by atoms with Crippen LogP contribution in [0.5, 0.6) is 5.75 Å². The number of hydrogen-bond acceptors (Lipinski definition) is 2. The van der Waals surface area contributed by atoms with E-state index in [0.29, 0.717) is 12.0 Å². The number of halogens is 2. The Balaban J connectivity index is 2.22. The Morgan fingerprint density at radius 1 is 1.19 bits per heavy atom. The minimum Gasteiger partial charge on any atom is -0.495 e. The molecule has 2 rings (SSSR count). The average molecular weight is 419 g/mol. The van der Waals surface area contributed by atoms with Crippen LogP contribution in [0.4, 0.5) is 5.69 Å². The summed E-state index contributed by atoms with van der Waals surface area (Å²) in [5.74, 6) is 3.12. The van der Waals surface area contributed by atoms with Crippen molar-refractivity contribution in [3.8, 4) is 5.75 Å². The van der Waals surface area contributed by atoms with Gasteiger partial charge < -0.3 is 10.1 Å². The summed E-state index contributed by atoms with van der Waals surface area (Å²) in [5.41, 5.74) is 1.12. The predicted molar refractivity (Wildman–Crippen MR) is 97.1 cm³/mol. The van der Waals surface area contributed by atoms with Crippen LogP contribution >= 0.6 is 31.9 Å². The normalized spacial score (nSPS) is 26.0. The van der Waals surface area contributed by atoms with E-state index in [1.165, 1.54) is 19.3 Å². The molecule has 2 nitrogen and oxygen atoms in total. The summed E-state index contributed by atoms with van der Waals surface area (Å²) in [6.45, 7) is 7.04. The molecule has 4 heteroatoms. The van der Waals surface area contributed by atoms with Gasteiger partial charge in [0.2, 0.25) is 0 Å². The fourth-order valence-corrected chi connectivity index (χ4v) is 4.63. The third kappa shape index (κ3) is 4.16. The third-order valence-electron chi connectivity index (χ3n) is 4.60. The van der Waals surface area contributed by atoms with Crippen molar-refractivity contribution < 1.29 is 4.74 Å². The molecule has 0 radical (unpaired) electrons. The smallest absolute Gasteiger partial charge is 0.135 e. The molecular weight excluding hydrogens is 394 g/mol. The molecule has 0 bridgehead atoms. The molecule has 0 aromatic heterocycles. The summed E-state index contributed by atoms with van der Waals surface area (Å²) in [7, 11) is 1.71. The maximum absolute atomic E-state index is 5.42. The van der Waals surface area contributed by atoms with Gasteiger partial charge in [-0.1, -0.05) is 27.2 Å². The first kappa shape index (κ1) is 17.1. The van der Waals surface area contributed by atoms with Crippen LogP contribution in [-0.2, 0) is 0 Å². The number of ether oxygens (including phenoxy) is 1. The van der Waals surface area contributed by atoms with Gasteiger partial charge >= 0.3 is 0 Å².